The molecule has 0 bridgehead atoms. The molecule has 0 radical (unpaired) electrons. The van der Waals surface area contributed by atoms with E-state index in [4.69, 9.17) is 4.74 Å². The van der Waals surface area contributed by atoms with Gasteiger partial charge in [0.2, 0.25) is 0 Å². The highest BCUT2D eigenvalue weighted by Crippen LogP contribution is 2.26. The Hall–Kier alpha value is -1.13. The second-order valence-corrected chi connectivity index (χ2v) is 4.25. The zero-order valence-corrected chi connectivity index (χ0v) is 10.0. The number of para-hydroxylation sites is 1. The predicted molar refractivity (Wildman–Crippen MR) is 64.6 cm³/mol. The Kier molecular flexibility index (Phi) is 3.97. The van der Waals surface area contributed by atoms with Crippen LogP contribution in [0.25, 0.3) is 0 Å². The summed E-state index contributed by atoms with van der Waals surface area (Å²) in [5.74, 6) is -0.270. The van der Waals surface area contributed by atoms with Crippen LogP contribution in [-0.2, 0) is 11.3 Å². The molecule has 1 aromatic carbocycles. The fourth-order valence-corrected chi connectivity index (χ4v) is 2.21. The number of aliphatic hydroxyl groups is 1. The number of aliphatic hydroxyl groups excluding tert-OH is 1. The molecule has 1 aromatic rings. The summed E-state index contributed by atoms with van der Waals surface area (Å²) in [6.45, 7) is 3.89. The first-order valence-corrected chi connectivity index (χ1v) is 6.01. The molecular formula is C13H18FNO2. The van der Waals surface area contributed by atoms with Gasteiger partial charge >= 0.3 is 0 Å². The first-order valence-electron chi connectivity index (χ1n) is 6.01. The third-order valence-electron chi connectivity index (χ3n) is 3.15. The highest BCUT2D eigenvalue weighted by Gasteiger charge is 2.23. The van der Waals surface area contributed by atoms with Gasteiger partial charge in [-0.3, -0.25) is 0 Å². The molecule has 1 aliphatic heterocycles. The van der Waals surface area contributed by atoms with Gasteiger partial charge in [-0.2, -0.15) is 0 Å². The number of rotatable bonds is 3. The van der Waals surface area contributed by atoms with Crippen molar-refractivity contribution in [3.05, 3.63) is 29.6 Å². The minimum Gasteiger partial charge on any atom is -0.392 e. The molecule has 0 spiro atoms. The van der Waals surface area contributed by atoms with Crippen molar-refractivity contribution in [3.8, 4) is 0 Å². The minimum absolute atomic E-state index is 0.138. The molecule has 0 saturated carbocycles. The molecule has 1 saturated heterocycles. The molecule has 1 N–H and O–H groups in total. The number of anilines is 1. The van der Waals surface area contributed by atoms with Gasteiger partial charge in [-0.15, -0.1) is 0 Å². The lowest BCUT2D eigenvalue weighted by Crippen LogP contribution is -2.43. The van der Waals surface area contributed by atoms with Gasteiger partial charge in [-0.25, -0.2) is 4.39 Å². The van der Waals surface area contributed by atoms with E-state index in [1.165, 1.54) is 6.07 Å². The van der Waals surface area contributed by atoms with Crippen molar-refractivity contribution in [2.24, 2.45) is 0 Å². The lowest BCUT2D eigenvalue weighted by molar-refractivity contribution is 0.0381. The minimum atomic E-state index is -0.270. The molecule has 0 aromatic heterocycles. The summed E-state index contributed by atoms with van der Waals surface area (Å²) in [5, 5.41) is 9.27. The summed E-state index contributed by atoms with van der Waals surface area (Å²) in [6.07, 6.45) is 1.06. The van der Waals surface area contributed by atoms with E-state index in [1.807, 2.05) is 4.90 Å². The maximum Gasteiger partial charge on any atom is 0.146 e. The van der Waals surface area contributed by atoms with Crippen LogP contribution in [0.1, 0.15) is 18.9 Å². The predicted octanol–water partition coefficient (Wildman–Crippen LogP) is 1.93. The number of morpholine rings is 1. The molecule has 0 aliphatic carbocycles. The maximum atomic E-state index is 13.9. The van der Waals surface area contributed by atoms with Crippen molar-refractivity contribution in [1.29, 1.82) is 0 Å². The normalized spacial score (nSPS) is 20.6. The fraction of sp³-hybridized carbons (Fsp3) is 0.538. The fourth-order valence-electron chi connectivity index (χ4n) is 2.21. The monoisotopic (exact) mass is 239 g/mol. The molecule has 17 heavy (non-hydrogen) atoms. The van der Waals surface area contributed by atoms with Gasteiger partial charge in [0.25, 0.3) is 0 Å². The molecule has 0 amide bonds. The Morgan fingerprint density at radius 1 is 1.53 bits per heavy atom. The van der Waals surface area contributed by atoms with Crippen LogP contribution in [0.4, 0.5) is 10.1 Å². The molecule has 1 unspecified atom stereocenters. The van der Waals surface area contributed by atoms with E-state index in [0.29, 0.717) is 30.9 Å². The standard InChI is InChI=1S/C13H18FNO2/c1-2-11-8-15(6-7-17-11)13-10(9-16)4-3-5-12(13)14/h3-5,11,16H,2,6-9H2,1H3. The van der Waals surface area contributed by atoms with Crippen molar-refractivity contribution in [3.63, 3.8) is 0 Å². The molecule has 1 aliphatic rings. The first kappa shape index (κ1) is 12.3. The second-order valence-electron chi connectivity index (χ2n) is 4.25. The van der Waals surface area contributed by atoms with E-state index in [1.54, 1.807) is 12.1 Å². The maximum absolute atomic E-state index is 13.9. The van der Waals surface area contributed by atoms with Crippen LogP contribution in [0.15, 0.2) is 18.2 Å². The van der Waals surface area contributed by atoms with Gasteiger partial charge in [0, 0.05) is 18.7 Å². The average molecular weight is 239 g/mol. The van der Waals surface area contributed by atoms with Crippen LogP contribution in [0.3, 0.4) is 0 Å². The van der Waals surface area contributed by atoms with Crippen molar-refractivity contribution >= 4 is 5.69 Å². The zero-order chi connectivity index (χ0) is 12.3. The second kappa shape index (κ2) is 5.47. The van der Waals surface area contributed by atoms with E-state index < -0.39 is 0 Å². The topological polar surface area (TPSA) is 32.7 Å². The van der Waals surface area contributed by atoms with Crippen LogP contribution >= 0.6 is 0 Å². The third-order valence-corrected chi connectivity index (χ3v) is 3.15. The van der Waals surface area contributed by atoms with Crippen molar-refractivity contribution in [2.75, 3.05) is 24.6 Å². The van der Waals surface area contributed by atoms with E-state index in [-0.39, 0.29) is 18.5 Å². The Morgan fingerprint density at radius 2 is 2.35 bits per heavy atom. The highest BCUT2D eigenvalue weighted by molar-refractivity contribution is 5.55. The smallest absolute Gasteiger partial charge is 0.146 e. The number of nitrogens with zero attached hydrogens (tertiary/aromatic N) is 1. The third kappa shape index (κ3) is 2.58. The first-order chi connectivity index (χ1) is 8.26. The number of halogens is 1. The molecule has 94 valence electrons. The van der Waals surface area contributed by atoms with Crippen LogP contribution < -0.4 is 4.90 Å². The van der Waals surface area contributed by atoms with E-state index in [9.17, 15) is 9.50 Å². The summed E-state index contributed by atoms with van der Waals surface area (Å²) in [4.78, 5) is 1.97. The molecule has 1 fully saturated rings. The average Bonchev–Trinajstić information content (AvgIpc) is 2.38. The van der Waals surface area contributed by atoms with E-state index in [0.717, 1.165) is 6.42 Å². The van der Waals surface area contributed by atoms with E-state index >= 15 is 0 Å². The number of hydrogen-bond donors (Lipinski definition) is 1. The van der Waals surface area contributed by atoms with Crippen LogP contribution in [0.2, 0.25) is 0 Å². The highest BCUT2D eigenvalue weighted by atomic mass is 19.1. The van der Waals surface area contributed by atoms with Crippen molar-refractivity contribution in [2.45, 2.75) is 26.1 Å². The summed E-state index contributed by atoms with van der Waals surface area (Å²) in [6, 6.07) is 4.82. The summed E-state index contributed by atoms with van der Waals surface area (Å²) < 4.78 is 19.4. The lowest BCUT2D eigenvalue weighted by Gasteiger charge is -2.35. The number of hydrogen-bond acceptors (Lipinski definition) is 3. The van der Waals surface area contributed by atoms with Gasteiger partial charge < -0.3 is 14.7 Å². The van der Waals surface area contributed by atoms with Crippen molar-refractivity contribution in [1.82, 2.24) is 0 Å². The SMILES string of the molecule is CCC1CN(c2c(F)cccc2CO)CCO1. The lowest BCUT2D eigenvalue weighted by atomic mass is 10.1. The van der Waals surface area contributed by atoms with Gasteiger partial charge in [0.15, 0.2) is 0 Å². The molecule has 3 nitrogen and oxygen atoms in total. The quantitative estimate of drug-likeness (QED) is 0.875. The Labute approximate surface area is 101 Å². The molecule has 2 rings (SSSR count). The van der Waals surface area contributed by atoms with Crippen molar-refractivity contribution < 1.29 is 14.2 Å². The summed E-state index contributed by atoms with van der Waals surface area (Å²) >= 11 is 0. The molecule has 4 heteroatoms. The van der Waals surface area contributed by atoms with Gasteiger partial charge in [-0.1, -0.05) is 19.1 Å². The largest absolute Gasteiger partial charge is 0.392 e. The number of benzene rings is 1. The number of ether oxygens (including phenoxy) is 1. The van der Waals surface area contributed by atoms with Crippen LogP contribution in [-0.4, -0.2) is 30.9 Å². The van der Waals surface area contributed by atoms with Gasteiger partial charge in [-0.05, 0) is 12.5 Å². The van der Waals surface area contributed by atoms with Gasteiger partial charge in [0.05, 0.1) is 25.0 Å². The zero-order valence-electron chi connectivity index (χ0n) is 10.0. The summed E-state index contributed by atoms with van der Waals surface area (Å²) in [7, 11) is 0. The Balaban J connectivity index is 2.26. The summed E-state index contributed by atoms with van der Waals surface area (Å²) in [5.41, 5.74) is 1.17. The van der Waals surface area contributed by atoms with Crippen LogP contribution in [0.5, 0.6) is 0 Å². The molecule has 1 atom stereocenters. The van der Waals surface area contributed by atoms with Gasteiger partial charge in [0.1, 0.15) is 5.82 Å². The van der Waals surface area contributed by atoms with E-state index in [2.05, 4.69) is 6.92 Å². The Morgan fingerprint density at radius 3 is 3.06 bits per heavy atom. The molecular weight excluding hydrogens is 221 g/mol. The Bertz CT molecular complexity index is 384. The molecule has 1 heterocycles. The van der Waals surface area contributed by atoms with Crippen LogP contribution in [0, 0.1) is 5.82 Å².